The van der Waals surface area contributed by atoms with E-state index in [9.17, 15) is 4.79 Å². The van der Waals surface area contributed by atoms with Crippen LogP contribution in [0, 0.1) is 11.8 Å². The second kappa shape index (κ2) is 5.42. The number of carbonyl (C=O) groups excluding carboxylic acids is 1. The number of nitrogens with zero attached hydrogens (tertiary/aromatic N) is 1. The van der Waals surface area contributed by atoms with Crippen molar-refractivity contribution in [1.29, 1.82) is 0 Å². The molecule has 3 heteroatoms. The molecule has 0 spiro atoms. The number of piperidine rings is 1. The van der Waals surface area contributed by atoms with Gasteiger partial charge in [0.2, 0.25) is 0 Å². The molecule has 0 aliphatic carbocycles. The van der Waals surface area contributed by atoms with E-state index in [1.807, 2.05) is 29.2 Å². The normalized spacial score (nSPS) is 23.8. The quantitative estimate of drug-likeness (QED) is 0.804. The largest absolute Gasteiger partial charge is 0.496 e. The third-order valence-corrected chi connectivity index (χ3v) is 3.49. The van der Waals surface area contributed by atoms with Crippen LogP contribution in [0.3, 0.4) is 0 Å². The number of methoxy groups -OCH3 is 1. The molecule has 1 heterocycles. The van der Waals surface area contributed by atoms with E-state index in [2.05, 4.69) is 13.8 Å². The van der Waals surface area contributed by atoms with Gasteiger partial charge in [-0.1, -0.05) is 26.0 Å². The molecule has 0 saturated carbocycles. The van der Waals surface area contributed by atoms with E-state index in [1.54, 1.807) is 7.11 Å². The highest BCUT2D eigenvalue weighted by Crippen LogP contribution is 2.25. The molecule has 1 aromatic carbocycles. The standard InChI is InChI=1S/C15H21NO2/c1-11-8-12(2)10-16(9-11)15(17)13-6-4-5-7-14(13)18-3/h4-7,11-12H,8-10H2,1-3H3/t11-,12+. The molecule has 1 aromatic rings. The van der Waals surface area contributed by atoms with E-state index in [0.29, 0.717) is 23.1 Å². The summed E-state index contributed by atoms with van der Waals surface area (Å²) in [6.07, 6.45) is 1.20. The number of hydrogen-bond acceptors (Lipinski definition) is 2. The van der Waals surface area contributed by atoms with E-state index in [-0.39, 0.29) is 5.91 Å². The first-order valence-electron chi connectivity index (χ1n) is 6.54. The van der Waals surface area contributed by atoms with E-state index < -0.39 is 0 Å². The summed E-state index contributed by atoms with van der Waals surface area (Å²) in [5.41, 5.74) is 0.668. The van der Waals surface area contributed by atoms with Crippen molar-refractivity contribution in [2.24, 2.45) is 11.8 Å². The van der Waals surface area contributed by atoms with Crippen molar-refractivity contribution in [3.63, 3.8) is 0 Å². The van der Waals surface area contributed by atoms with Crippen LogP contribution in [-0.4, -0.2) is 31.0 Å². The van der Waals surface area contributed by atoms with Crippen LogP contribution in [0.25, 0.3) is 0 Å². The second-order valence-corrected chi connectivity index (χ2v) is 5.36. The van der Waals surface area contributed by atoms with Crippen LogP contribution in [0.4, 0.5) is 0 Å². The highest BCUT2D eigenvalue weighted by molar-refractivity contribution is 5.97. The van der Waals surface area contributed by atoms with E-state index >= 15 is 0 Å². The Hall–Kier alpha value is -1.51. The molecule has 0 unspecified atom stereocenters. The van der Waals surface area contributed by atoms with Crippen molar-refractivity contribution in [1.82, 2.24) is 4.90 Å². The van der Waals surface area contributed by atoms with Gasteiger partial charge >= 0.3 is 0 Å². The van der Waals surface area contributed by atoms with Gasteiger partial charge in [0.25, 0.3) is 5.91 Å². The predicted molar refractivity (Wildman–Crippen MR) is 71.8 cm³/mol. The Kier molecular flexibility index (Phi) is 3.90. The summed E-state index contributed by atoms with van der Waals surface area (Å²) in [4.78, 5) is 14.5. The van der Waals surface area contributed by atoms with Gasteiger partial charge in [-0.2, -0.15) is 0 Å². The Balaban J connectivity index is 2.20. The van der Waals surface area contributed by atoms with Gasteiger partial charge in [-0.3, -0.25) is 4.79 Å². The molecule has 3 nitrogen and oxygen atoms in total. The first kappa shape index (κ1) is 12.9. The molecule has 1 saturated heterocycles. The molecule has 0 aromatic heterocycles. The highest BCUT2D eigenvalue weighted by Gasteiger charge is 2.27. The summed E-state index contributed by atoms with van der Waals surface area (Å²) < 4.78 is 5.26. The Morgan fingerprint density at radius 3 is 2.44 bits per heavy atom. The Morgan fingerprint density at radius 1 is 1.22 bits per heavy atom. The molecule has 0 N–H and O–H groups in total. The Bertz CT molecular complexity index is 420. The molecule has 0 radical (unpaired) electrons. The van der Waals surface area contributed by atoms with Crippen molar-refractivity contribution in [3.8, 4) is 5.75 Å². The maximum absolute atomic E-state index is 12.5. The molecule has 0 bridgehead atoms. The average molecular weight is 247 g/mol. The summed E-state index contributed by atoms with van der Waals surface area (Å²) >= 11 is 0. The van der Waals surface area contributed by atoms with Gasteiger partial charge in [0.15, 0.2) is 0 Å². The number of likely N-dealkylation sites (tertiary alicyclic amines) is 1. The van der Waals surface area contributed by atoms with Gasteiger partial charge in [-0.05, 0) is 30.4 Å². The minimum Gasteiger partial charge on any atom is -0.496 e. The Morgan fingerprint density at radius 2 is 1.83 bits per heavy atom. The minimum absolute atomic E-state index is 0.0887. The fourth-order valence-electron chi connectivity index (χ4n) is 2.82. The summed E-state index contributed by atoms with van der Waals surface area (Å²) in [5, 5.41) is 0. The van der Waals surface area contributed by atoms with Crippen molar-refractivity contribution < 1.29 is 9.53 Å². The van der Waals surface area contributed by atoms with Gasteiger partial charge in [0, 0.05) is 13.1 Å². The van der Waals surface area contributed by atoms with Crippen LogP contribution < -0.4 is 4.74 Å². The van der Waals surface area contributed by atoms with Crippen LogP contribution in [0.2, 0.25) is 0 Å². The number of amides is 1. The number of rotatable bonds is 2. The second-order valence-electron chi connectivity index (χ2n) is 5.36. The smallest absolute Gasteiger partial charge is 0.257 e. The predicted octanol–water partition coefficient (Wildman–Crippen LogP) is 2.81. The van der Waals surface area contributed by atoms with Crippen LogP contribution in [0.1, 0.15) is 30.6 Å². The van der Waals surface area contributed by atoms with Gasteiger partial charge in [-0.25, -0.2) is 0 Å². The SMILES string of the molecule is COc1ccccc1C(=O)N1C[C@H](C)C[C@H](C)C1. The molecular formula is C15H21NO2. The number of hydrogen-bond donors (Lipinski definition) is 0. The van der Waals surface area contributed by atoms with E-state index in [1.165, 1.54) is 6.42 Å². The van der Waals surface area contributed by atoms with Crippen molar-refractivity contribution in [2.75, 3.05) is 20.2 Å². The van der Waals surface area contributed by atoms with Crippen molar-refractivity contribution in [3.05, 3.63) is 29.8 Å². The maximum atomic E-state index is 12.5. The summed E-state index contributed by atoms with van der Waals surface area (Å²) in [6.45, 7) is 6.11. The zero-order valence-corrected chi connectivity index (χ0v) is 11.3. The third kappa shape index (κ3) is 2.66. The molecule has 98 valence electrons. The lowest BCUT2D eigenvalue weighted by Gasteiger charge is -2.35. The number of benzene rings is 1. The lowest BCUT2D eigenvalue weighted by atomic mass is 9.91. The minimum atomic E-state index is 0.0887. The topological polar surface area (TPSA) is 29.5 Å². The number of carbonyl (C=O) groups is 1. The molecule has 1 amide bonds. The maximum Gasteiger partial charge on any atom is 0.257 e. The van der Waals surface area contributed by atoms with Gasteiger partial charge in [0.05, 0.1) is 12.7 Å². The van der Waals surface area contributed by atoms with Crippen LogP contribution in [0.5, 0.6) is 5.75 Å². The molecule has 2 rings (SSSR count). The zero-order valence-electron chi connectivity index (χ0n) is 11.3. The monoisotopic (exact) mass is 247 g/mol. The van der Waals surface area contributed by atoms with Crippen molar-refractivity contribution >= 4 is 5.91 Å². The lowest BCUT2D eigenvalue weighted by molar-refractivity contribution is 0.0620. The first-order valence-corrected chi connectivity index (χ1v) is 6.54. The van der Waals surface area contributed by atoms with E-state index in [4.69, 9.17) is 4.74 Å². The molecule has 1 aliphatic rings. The van der Waals surface area contributed by atoms with Gasteiger partial charge in [0.1, 0.15) is 5.75 Å². The van der Waals surface area contributed by atoms with Crippen molar-refractivity contribution in [2.45, 2.75) is 20.3 Å². The Labute approximate surface area is 109 Å². The fraction of sp³-hybridized carbons (Fsp3) is 0.533. The summed E-state index contributed by atoms with van der Waals surface area (Å²) in [7, 11) is 1.60. The van der Waals surface area contributed by atoms with Gasteiger partial charge in [-0.15, -0.1) is 0 Å². The van der Waals surface area contributed by atoms with Crippen LogP contribution in [-0.2, 0) is 0 Å². The number of ether oxygens (including phenoxy) is 1. The molecule has 18 heavy (non-hydrogen) atoms. The third-order valence-electron chi connectivity index (χ3n) is 3.49. The molecular weight excluding hydrogens is 226 g/mol. The molecule has 1 aliphatic heterocycles. The summed E-state index contributed by atoms with van der Waals surface area (Å²) in [5.74, 6) is 1.90. The number of para-hydroxylation sites is 1. The molecule has 2 atom stereocenters. The van der Waals surface area contributed by atoms with Crippen LogP contribution >= 0.6 is 0 Å². The zero-order chi connectivity index (χ0) is 13.1. The lowest BCUT2D eigenvalue weighted by Crippen LogP contribution is -2.42. The highest BCUT2D eigenvalue weighted by atomic mass is 16.5. The van der Waals surface area contributed by atoms with Gasteiger partial charge < -0.3 is 9.64 Å². The summed E-state index contributed by atoms with van der Waals surface area (Å²) in [6, 6.07) is 7.44. The van der Waals surface area contributed by atoms with Crippen LogP contribution in [0.15, 0.2) is 24.3 Å². The average Bonchev–Trinajstić information content (AvgIpc) is 2.36. The fourth-order valence-corrected chi connectivity index (χ4v) is 2.82. The first-order chi connectivity index (χ1) is 8.61. The van der Waals surface area contributed by atoms with E-state index in [0.717, 1.165) is 13.1 Å². The molecule has 1 fully saturated rings.